The predicted molar refractivity (Wildman–Crippen MR) is 105 cm³/mol. The van der Waals surface area contributed by atoms with E-state index in [4.69, 9.17) is 23.2 Å². The molecule has 0 saturated carbocycles. The number of amides is 1. The number of thiazole rings is 1. The second-order valence-corrected chi connectivity index (χ2v) is 7.37. The zero-order chi connectivity index (χ0) is 18.7. The summed E-state index contributed by atoms with van der Waals surface area (Å²) in [5, 5.41) is 12.1. The molecule has 1 N–H and O–H groups in total. The molecule has 0 radical (unpaired) electrons. The molecule has 0 unspecified atom stereocenters. The first kappa shape index (κ1) is 18.6. The number of nitrogens with zero attached hydrogens (tertiary/aromatic N) is 4. The van der Waals surface area contributed by atoms with Crippen molar-refractivity contribution >= 4 is 46.7 Å². The van der Waals surface area contributed by atoms with Crippen LogP contribution in [0.5, 0.6) is 0 Å². The average molecular weight is 408 g/mol. The Hall–Kier alpha value is -2.22. The number of carbonyl (C=O) groups excluding carboxylic acids is 1. The molecule has 0 atom stereocenters. The Morgan fingerprint density at radius 2 is 2.19 bits per heavy atom. The number of aromatic nitrogens is 3. The Kier molecular flexibility index (Phi) is 5.70. The largest absolute Gasteiger partial charge is 0.273 e. The van der Waals surface area contributed by atoms with Crippen molar-refractivity contribution in [2.45, 2.75) is 20.3 Å². The van der Waals surface area contributed by atoms with Crippen LogP contribution in [0.1, 0.15) is 22.0 Å². The summed E-state index contributed by atoms with van der Waals surface area (Å²) in [6.07, 6.45) is 1.66. The van der Waals surface area contributed by atoms with Gasteiger partial charge in [0.2, 0.25) is 5.91 Å². The molecule has 1 aromatic carbocycles. The van der Waals surface area contributed by atoms with Crippen LogP contribution in [0.2, 0.25) is 10.2 Å². The van der Waals surface area contributed by atoms with E-state index in [9.17, 15) is 4.79 Å². The summed E-state index contributed by atoms with van der Waals surface area (Å²) in [7, 11) is 0. The Bertz CT molecular complexity index is 979. The van der Waals surface area contributed by atoms with Crippen molar-refractivity contribution < 1.29 is 4.79 Å². The second kappa shape index (κ2) is 7.99. The summed E-state index contributed by atoms with van der Waals surface area (Å²) >= 11 is 13.9. The van der Waals surface area contributed by atoms with Gasteiger partial charge in [0.25, 0.3) is 0 Å². The third-order valence-electron chi connectivity index (χ3n) is 3.49. The van der Waals surface area contributed by atoms with Crippen LogP contribution < -0.4 is 5.43 Å². The lowest BCUT2D eigenvalue weighted by Gasteiger charge is -2.03. The first-order valence-electron chi connectivity index (χ1n) is 7.68. The van der Waals surface area contributed by atoms with Gasteiger partial charge in [0.15, 0.2) is 0 Å². The topological polar surface area (TPSA) is 72.2 Å². The molecule has 3 aromatic rings. The first-order chi connectivity index (χ1) is 12.4. The maximum absolute atomic E-state index is 11.9. The van der Waals surface area contributed by atoms with E-state index in [0.717, 1.165) is 16.4 Å². The highest BCUT2D eigenvalue weighted by Gasteiger charge is 2.13. The van der Waals surface area contributed by atoms with Gasteiger partial charge in [-0.05, 0) is 32.0 Å². The van der Waals surface area contributed by atoms with E-state index in [-0.39, 0.29) is 12.3 Å². The van der Waals surface area contributed by atoms with Gasteiger partial charge in [-0.25, -0.2) is 15.1 Å². The summed E-state index contributed by atoms with van der Waals surface area (Å²) < 4.78 is 1.57. The molecule has 0 saturated heterocycles. The van der Waals surface area contributed by atoms with Crippen LogP contribution in [-0.2, 0) is 11.2 Å². The molecule has 9 heteroatoms. The summed E-state index contributed by atoms with van der Waals surface area (Å²) in [4.78, 5) is 16.2. The smallest absolute Gasteiger partial charge is 0.246 e. The Labute approximate surface area is 164 Å². The normalized spacial score (nSPS) is 11.2. The highest BCUT2D eigenvalue weighted by molar-refractivity contribution is 7.09. The molecule has 0 fully saturated rings. The zero-order valence-corrected chi connectivity index (χ0v) is 16.4. The maximum Gasteiger partial charge on any atom is 0.246 e. The molecular formula is C17H15Cl2N5OS. The molecule has 0 aliphatic heterocycles. The van der Waals surface area contributed by atoms with Crippen molar-refractivity contribution in [1.82, 2.24) is 20.2 Å². The number of benzene rings is 1. The van der Waals surface area contributed by atoms with Crippen molar-refractivity contribution in [2.75, 3.05) is 0 Å². The third-order valence-corrected chi connectivity index (χ3v) is 4.91. The van der Waals surface area contributed by atoms with E-state index < -0.39 is 0 Å². The van der Waals surface area contributed by atoms with E-state index in [0.29, 0.717) is 21.4 Å². The number of carbonyl (C=O) groups is 1. The lowest BCUT2D eigenvalue weighted by Crippen LogP contribution is -2.20. The van der Waals surface area contributed by atoms with E-state index in [1.165, 1.54) is 17.6 Å². The van der Waals surface area contributed by atoms with Crippen LogP contribution in [0.3, 0.4) is 0 Å². The number of hydrogen-bond acceptors (Lipinski definition) is 5. The van der Waals surface area contributed by atoms with E-state index in [1.807, 2.05) is 31.4 Å². The van der Waals surface area contributed by atoms with Crippen LogP contribution in [0.15, 0.2) is 34.7 Å². The summed E-state index contributed by atoms with van der Waals surface area (Å²) in [5.41, 5.74) is 5.25. The van der Waals surface area contributed by atoms with Crippen molar-refractivity contribution in [3.05, 3.63) is 61.8 Å². The van der Waals surface area contributed by atoms with Gasteiger partial charge in [0, 0.05) is 10.4 Å². The second-order valence-electron chi connectivity index (χ2n) is 5.51. The van der Waals surface area contributed by atoms with Gasteiger partial charge in [0.1, 0.15) is 5.15 Å². The summed E-state index contributed by atoms with van der Waals surface area (Å²) in [6.45, 7) is 3.71. The maximum atomic E-state index is 11.9. The average Bonchev–Trinajstić information content (AvgIpc) is 3.12. The molecule has 6 nitrogen and oxygen atoms in total. The van der Waals surface area contributed by atoms with Gasteiger partial charge in [-0.1, -0.05) is 29.3 Å². The van der Waals surface area contributed by atoms with Gasteiger partial charge in [-0.15, -0.1) is 11.3 Å². The van der Waals surface area contributed by atoms with E-state index >= 15 is 0 Å². The lowest BCUT2D eigenvalue weighted by molar-refractivity contribution is -0.120. The van der Waals surface area contributed by atoms with Crippen molar-refractivity contribution in [2.24, 2.45) is 5.10 Å². The van der Waals surface area contributed by atoms with Crippen molar-refractivity contribution in [3.8, 4) is 5.69 Å². The first-order valence-corrected chi connectivity index (χ1v) is 9.31. The molecule has 0 spiro atoms. The SMILES string of the molecule is Cc1nc(CC(=O)N/N=C\c2c(C)nn(-c3cccc(Cl)c3)c2Cl)cs1. The highest BCUT2D eigenvalue weighted by atomic mass is 35.5. The molecule has 2 heterocycles. The molecule has 134 valence electrons. The van der Waals surface area contributed by atoms with Crippen LogP contribution in [0.25, 0.3) is 5.69 Å². The zero-order valence-electron chi connectivity index (χ0n) is 14.0. The van der Waals surface area contributed by atoms with Gasteiger partial charge < -0.3 is 0 Å². The van der Waals surface area contributed by atoms with Gasteiger partial charge in [-0.3, -0.25) is 4.79 Å². The predicted octanol–water partition coefficient (Wildman–Crippen LogP) is 3.95. The molecule has 3 rings (SSSR count). The molecule has 2 aromatic heterocycles. The summed E-state index contributed by atoms with van der Waals surface area (Å²) in [5.74, 6) is -0.248. The van der Waals surface area contributed by atoms with Crippen LogP contribution in [-0.4, -0.2) is 26.9 Å². The molecular weight excluding hydrogens is 393 g/mol. The van der Waals surface area contributed by atoms with Crippen LogP contribution in [0.4, 0.5) is 0 Å². The number of hydrazone groups is 1. The highest BCUT2D eigenvalue weighted by Crippen LogP contribution is 2.23. The monoisotopic (exact) mass is 407 g/mol. The van der Waals surface area contributed by atoms with Gasteiger partial charge in [0.05, 0.1) is 40.3 Å². The fraction of sp³-hybridized carbons (Fsp3) is 0.176. The van der Waals surface area contributed by atoms with Crippen molar-refractivity contribution in [1.29, 1.82) is 0 Å². The fourth-order valence-electron chi connectivity index (χ4n) is 2.30. The quantitative estimate of drug-likeness (QED) is 0.513. The summed E-state index contributed by atoms with van der Waals surface area (Å²) in [6, 6.07) is 7.21. The minimum Gasteiger partial charge on any atom is -0.273 e. The minimum absolute atomic E-state index is 0.177. The van der Waals surface area contributed by atoms with Gasteiger partial charge >= 0.3 is 0 Å². The number of halogens is 2. The van der Waals surface area contributed by atoms with Gasteiger partial charge in [-0.2, -0.15) is 10.2 Å². The molecule has 1 amide bonds. The standard InChI is InChI=1S/C17H15Cl2N5OS/c1-10-15(8-20-22-16(25)7-13-9-26-11(2)21-13)17(19)24(23-10)14-5-3-4-12(18)6-14/h3-6,8-9H,7H2,1-2H3,(H,22,25)/b20-8-. The number of hydrogen-bond donors (Lipinski definition) is 1. The minimum atomic E-state index is -0.248. The number of rotatable bonds is 5. The fourth-order valence-corrected chi connectivity index (χ4v) is 3.42. The lowest BCUT2D eigenvalue weighted by atomic mass is 10.3. The molecule has 0 aliphatic carbocycles. The molecule has 0 aliphatic rings. The van der Waals surface area contributed by atoms with Crippen molar-refractivity contribution in [3.63, 3.8) is 0 Å². The number of aryl methyl sites for hydroxylation is 2. The number of nitrogens with one attached hydrogen (secondary N) is 1. The Balaban J connectivity index is 1.71. The molecule has 26 heavy (non-hydrogen) atoms. The van der Waals surface area contributed by atoms with Crippen LogP contribution in [0, 0.1) is 13.8 Å². The van der Waals surface area contributed by atoms with Crippen LogP contribution >= 0.6 is 34.5 Å². The Morgan fingerprint density at radius 3 is 2.88 bits per heavy atom. The van der Waals surface area contributed by atoms with E-state index in [2.05, 4.69) is 20.6 Å². The third kappa shape index (κ3) is 4.30. The Morgan fingerprint density at radius 1 is 1.38 bits per heavy atom. The molecule has 0 bridgehead atoms. The van der Waals surface area contributed by atoms with E-state index in [1.54, 1.807) is 16.8 Å².